The molecule has 1 aliphatic carbocycles. The van der Waals surface area contributed by atoms with Crippen LogP contribution in [0.5, 0.6) is 0 Å². The highest BCUT2D eigenvalue weighted by atomic mass is 19.4. The Morgan fingerprint density at radius 3 is 1.18 bits per heavy atom. The Morgan fingerprint density at radius 2 is 0.879 bits per heavy atom. The van der Waals surface area contributed by atoms with Crippen LogP contribution in [0.4, 0.5) is 79.0 Å². The first-order valence-electron chi connectivity index (χ1n) is 8.20. The Balaban J connectivity index is 3.72. The highest BCUT2D eigenvalue weighted by Crippen LogP contribution is 2.65. The van der Waals surface area contributed by atoms with Gasteiger partial charge in [-0.2, -0.15) is 79.0 Å². The van der Waals surface area contributed by atoms with Gasteiger partial charge in [-0.3, -0.25) is 0 Å². The number of hydrogen-bond acceptors (Lipinski definition) is 0. The van der Waals surface area contributed by atoms with Crippen LogP contribution in [0.1, 0.15) is 12.8 Å². The number of hydrogen-bond donors (Lipinski definition) is 0. The summed E-state index contributed by atoms with van der Waals surface area (Å²) in [6.45, 7) is 2.72. The van der Waals surface area contributed by atoms with Crippen molar-refractivity contribution in [2.75, 3.05) is 0 Å². The molecular formula is C15H10F18. The molecule has 1 aliphatic rings. The second-order valence-corrected chi connectivity index (χ2v) is 7.11. The Hall–Kier alpha value is -1.26. The molecule has 3 unspecified atom stereocenters. The third-order valence-corrected chi connectivity index (χ3v) is 5.13. The van der Waals surface area contributed by atoms with Crippen LogP contribution in [0.15, 0.2) is 0 Å². The molecule has 1 fully saturated rings. The average Bonchev–Trinajstić information content (AvgIpc) is 3.04. The molecule has 0 N–H and O–H groups in total. The van der Waals surface area contributed by atoms with Gasteiger partial charge >= 0.3 is 47.9 Å². The van der Waals surface area contributed by atoms with Crippen molar-refractivity contribution in [3.63, 3.8) is 0 Å². The fraction of sp³-hybridized carbons (Fsp3) is 0.867. The molecule has 1 rings (SSSR count). The molecule has 18 heteroatoms. The second-order valence-electron chi connectivity index (χ2n) is 7.11. The summed E-state index contributed by atoms with van der Waals surface area (Å²) >= 11 is 0. The van der Waals surface area contributed by atoms with E-state index >= 15 is 0 Å². The summed E-state index contributed by atoms with van der Waals surface area (Å²) in [6.07, 6.45) is -18.2. The fourth-order valence-corrected chi connectivity index (χ4v) is 3.29. The van der Waals surface area contributed by atoms with E-state index in [2.05, 4.69) is 6.92 Å². The molecular weight excluding hydrogens is 522 g/mol. The van der Waals surface area contributed by atoms with Crippen LogP contribution in [0.25, 0.3) is 0 Å². The van der Waals surface area contributed by atoms with Gasteiger partial charge in [0, 0.05) is 11.8 Å². The molecule has 196 valence electrons. The van der Waals surface area contributed by atoms with Gasteiger partial charge in [-0.15, -0.1) is 0 Å². The molecule has 0 amide bonds. The first kappa shape index (κ1) is 29.8. The van der Waals surface area contributed by atoms with Crippen LogP contribution in [-0.2, 0) is 0 Å². The Labute approximate surface area is 172 Å². The van der Waals surface area contributed by atoms with E-state index in [1.165, 1.54) is 0 Å². The van der Waals surface area contributed by atoms with Crippen molar-refractivity contribution in [2.24, 2.45) is 17.8 Å². The summed E-state index contributed by atoms with van der Waals surface area (Å²) in [5, 5.41) is 0. The molecule has 0 bridgehead atoms. The lowest BCUT2D eigenvalue weighted by atomic mass is 9.74. The normalized spacial score (nSPS) is 25.0. The van der Waals surface area contributed by atoms with Gasteiger partial charge < -0.3 is 0 Å². The monoisotopic (exact) mass is 532 g/mol. The Kier molecular flexibility index (Phi) is 7.11. The summed E-state index contributed by atoms with van der Waals surface area (Å²) in [7, 11) is 0. The van der Waals surface area contributed by atoms with Crippen LogP contribution < -0.4 is 0 Å². The Morgan fingerprint density at radius 1 is 0.545 bits per heavy atom. The highest BCUT2D eigenvalue weighted by molar-refractivity contribution is 5.16. The molecule has 3 atom stereocenters. The molecule has 0 aromatic carbocycles. The number of halogens is 18. The van der Waals surface area contributed by atoms with Crippen molar-refractivity contribution < 1.29 is 79.0 Å². The minimum atomic E-state index is -7.66. The standard InChI is InChI=1S/C15H10F18/c1-2-5-3-4-6(8(16,17)10(20,21)12(24,25)14(28,29)30)7(5)9(18,19)11(22,23)13(26,27)15(31,32)33/h4-7H,1-3H2. The van der Waals surface area contributed by atoms with Gasteiger partial charge in [0.15, 0.2) is 0 Å². The lowest BCUT2D eigenvalue weighted by Crippen LogP contribution is -2.67. The summed E-state index contributed by atoms with van der Waals surface area (Å²) in [5.41, 5.74) is 0. The third-order valence-electron chi connectivity index (χ3n) is 5.13. The number of rotatable bonds is 7. The quantitative estimate of drug-likeness (QED) is 0.297. The highest BCUT2D eigenvalue weighted by Gasteiger charge is 2.88. The summed E-state index contributed by atoms with van der Waals surface area (Å²) < 4.78 is 237. The van der Waals surface area contributed by atoms with E-state index in [-0.39, 0.29) is 0 Å². The molecule has 2 radical (unpaired) electrons. The predicted octanol–water partition coefficient (Wildman–Crippen LogP) is 7.60. The lowest BCUT2D eigenvalue weighted by molar-refractivity contribution is -0.420. The minimum absolute atomic E-state index is 0.545. The topological polar surface area (TPSA) is 0 Å². The van der Waals surface area contributed by atoms with Crippen molar-refractivity contribution in [3.8, 4) is 0 Å². The van der Waals surface area contributed by atoms with Crippen LogP contribution in [0.3, 0.4) is 0 Å². The van der Waals surface area contributed by atoms with E-state index < -0.39 is 84.9 Å². The molecule has 1 saturated carbocycles. The van der Waals surface area contributed by atoms with E-state index in [4.69, 9.17) is 0 Å². The molecule has 0 aliphatic heterocycles. The van der Waals surface area contributed by atoms with E-state index in [9.17, 15) is 79.0 Å². The first-order valence-corrected chi connectivity index (χ1v) is 8.20. The van der Waals surface area contributed by atoms with Crippen LogP contribution >= 0.6 is 0 Å². The number of alkyl halides is 18. The van der Waals surface area contributed by atoms with Gasteiger partial charge in [0.25, 0.3) is 0 Å². The summed E-state index contributed by atoms with van der Waals surface area (Å²) in [5.74, 6) is -55.9. The predicted molar refractivity (Wildman–Crippen MR) is 71.2 cm³/mol. The van der Waals surface area contributed by atoms with E-state index in [1.54, 1.807) is 0 Å². The van der Waals surface area contributed by atoms with Gasteiger partial charge in [-0.1, -0.05) is 6.92 Å². The van der Waals surface area contributed by atoms with Crippen LogP contribution in [0, 0.1) is 31.1 Å². The first-order chi connectivity index (χ1) is 14.2. The van der Waals surface area contributed by atoms with Gasteiger partial charge in [0.1, 0.15) is 0 Å². The second kappa shape index (κ2) is 7.88. The van der Waals surface area contributed by atoms with Crippen LogP contribution in [0.2, 0.25) is 0 Å². The van der Waals surface area contributed by atoms with Gasteiger partial charge in [0.05, 0.1) is 0 Å². The third kappa shape index (κ3) is 3.99. The molecule has 0 aromatic rings. The molecule has 33 heavy (non-hydrogen) atoms. The van der Waals surface area contributed by atoms with Gasteiger partial charge in [-0.05, 0) is 25.2 Å². The van der Waals surface area contributed by atoms with Gasteiger partial charge in [-0.25, -0.2) is 0 Å². The van der Waals surface area contributed by atoms with E-state index in [1.807, 2.05) is 0 Å². The smallest absolute Gasteiger partial charge is 0.199 e. The lowest BCUT2D eigenvalue weighted by Gasteiger charge is -2.43. The van der Waals surface area contributed by atoms with Crippen molar-refractivity contribution >= 4 is 0 Å². The van der Waals surface area contributed by atoms with E-state index in [0.717, 1.165) is 0 Å². The minimum Gasteiger partial charge on any atom is -0.199 e. The molecule has 0 spiro atoms. The molecule has 0 saturated heterocycles. The zero-order valence-electron chi connectivity index (χ0n) is 15.2. The van der Waals surface area contributed by atoms with Crippen molar-refractivity contribution in [1.82, 2.24) is 0 Å². The largest absolute Gasteiger partial charge is 0.460 e. The summed E-state index contributed by atoms with van der Waals surface area (Å²) in [6, 6.07) is 0. The van der Waals surface area contributed by atoms with Gasteiger partial charge in [0.2, 0.25) is 0 Å². The molecule has 0 nitrogen and oxygen atoms in total. The van der Waals surface area contributed by atoms with Crippen LogP contribution in [-0.4, -0.2) is 47.9 Å². The zero-order valence-corrected chi connectivity index (χ0v) is 15.2. The SMILES string of the molecule is [CH2]CC1C[CH]C(C(F)(F)C(F)(F)C(F)(F)C(F)(F)F)C1C(F)(F)C(F)(F)C(F)(F)C(F)(F)F. The maximum atomic E-state index is 14.3. The maximum absolute atomic E-state index is 14.3. The Bertz CT molecular complexity index is 699. The maximum Gasteiger partial charge on any atom is 0.460 e. The fourth-order valence-electron chi connectivity index (χ4n) is 3.29. The van der Waals surface area contributed by atoms with Crippen molar-refractivity contribution in [2.45, 2.75) is 60.7 Å². The zero-order chi connectivity index (χ0) is 26.9. The summed E-state index contributed by atoms with van der Waals surface area (Å²) in [4.78, 5) is 0. The average molecular weight is 532 g/mol. The van der Waals surface area contributed by atoms with Crippen molar-refractivity contribution in [3.05, 3.63) is 13.3 Å². The molecule has 0 aromatic heterocycles. The van der Waals surface area contributed by atoms with Crippen molar-refractivity contribution in [1.29, 1.82) is 0 Å². The molecule has 0 heterocycles. The van der Waals surface area contributed by atoms with E-state index in [0.29, 0.717) is 0 Å².